The van der Waals surface area contributed by atoms with E-state index in [1.54, 1.807) is 18.2 Å². The van der Waals surface area contributed by atoms with Gasteiger partial charge in [-0.1, -0.05) is 0 Å². The first kappa shape index (κ1) is 13.5. The molecule has 0 saturated heterocycles. The minimum Gasteiger partial charge on any atom is -0.497 e. The van der Waals surface area contributed by atoms with Crippen LogP contribution >= 0.6 is 12.4 Å². The Balaban J connectivity index is 0.00000196. The van der Waals surface area contributed by atoms with Gasteiger partial charge in [-0.15, -0.1) is 12.4 Å². The Morgan fingerprint density at radius 1 is 1.40 bits per heavy atom. The smallest absolute Gasteiger partial charge is 0.340 e. The topological polar surface area (TPSA) is 73.6 Å². The summed E-state index contributed by atoms with van der Waals surface area (Å²) in [5.41, 5.74) is 3.25. The highest BCUT2D eigenvalue weighted by Gasteiger charge is 2.11. The van der Waals surface area contributed by atoms with Gasteiger partial charge in [0.25, 0.3) is 0 Å². The predicted molar refractivity (Wildman–Crippen MR) is 59.4 cm³/mol. The van der Waals surface area contributed by atoms with Gasteiger partial charge in [0, 0.05) is 0 Å². The summed E-state index contributed by atoms with van der Waals surface area (Å²) in [5, 5.41) is 0. The summed E-state index contributed by atoms with van der Waals surface area (Å²) in [7, 11) is 2.83. The van der Waals surface area contributed by atoms with E-state index in [1.807, 2.05) is 0 Å². The third-order valence-corrected chi connectivity index (χ3v) is 1.79. The lowest BCUT2D eigenvalue weighted by Gasteiger charge is -2.08. The lowest BCUT2D eigenvalue weighted by Crippen LogP contribution is -2.12. The molecule has 0 fully saturated rings. The van der Waals surface area contributed by atoms with E-state index < -0.39 is 5.97 Å². The molecule has 1 aromatic rings. The average Bonchev–Trinajstić information content (AvgIpc) is 2.27. The number of carbonyl (C=O) groups excluding carboxylic acids is 1. The third kappa shape index (κ3) is 3.00. The molecule has 0 atom stereocenters. The number of carbonyl (C=O) groups is 1. The molecule has 0 spiro atoms. The van der Waals surface area contributed by atoms with Gasteiger partial charge >= 0.3 is 5.97 Å². The average molecular weight is 233 g/mol. The maximum atomic E-state index is 11.3. The molecule has 0 amide bonds. The van der Waals surface area contributed by atoms with Crippen LogP contribution in [0.15, 0.2) is 18.2 Å². The molecule has 0 aliphatic heterocycles. The summed E-state index contributed by atoms with van der Waals surface area (Å²) in [6.07, 6.45) is 0. The molecular weight excluding hydrogens is 220 g/mol. The van der Waals surface area contributed by atoms with Crippen LogP contribution in [-0.2, 0) is 4.74 Å². The fraction of sp³-hybridized carbons (Fsp3) is 0.222. The van der Waals surface area contributed by atoms with Gasteiger partial charge in [0.2, 0.25) is 0 Å². The Kier molecular flexibility index (Phi) is 5.51. The number of hydrogen-bond donors (Lipinski definition) is 2. The third-order valence-electron chi connectivity index (χ3n) is 1.79. The van der Waals surface area contributed by atoms with Gasteiger partial charge < -0.3 is 14.9 Å². The second-order valence-electron chi connectivity index (χ2n) is 2.55. The maximum Gasteiger partial charge on any atom is 0.340 e. The fourth-order valence-corrected chi connectivity index (χ4v) is 1.06. The first-order chi connectivity index (χ1) is 6.72. The van der Waals surface area contributed by atoms with E-state index >= 15 is 0 Å². The van der Waals surface area contributed by atoms with E-state index in [4.69, 9.17) is 10.6 Å². The van der Waals surface area contributed by atoms with Crippen molar-refractivity contribution in [3.05, 3.63) is 23.8 Å². The molecule has 0 saturated carbocycles. The first-order valence-electron chi connectivity index (χ1n) is 3.96. The SMILES string of the molecule is COC(=O)c1cc(OC)ccc1NN.Cl. The molecule has 0 heterocycles. The number of nitrogen functional groups attached to an aromatic ring is 1. The van der Waals surface area contributed by atoms with Crippen LogP contribution in [0.2, 0.25) is 0 Å². The second kappa shape index (κ2) is 6.10. The van der Waals surface area contributed by atoms with Gasteiger partial charge in [-0.3, -0.25) is 5.84 Å². The minimum absolute atomic E-state index is 0. The molecule has 0 bridgehead atoms. The lowest BCUT2D eigenvalue weighted by atomic mass is 10.1. The van der Waals surface area contributed by atoms with Gasteiger partial charge in [0.05, 0.1) is 25.5 Å². The zero-order valence-corrected chi connectivity index (χ0v) is 9.26. The molecule has 3 N–H and O–H groups in total. The quantitative estimate of drug-likeness (QED) is 0.465. The Labute approximate surface area is 93.9 Å². The number of hydrazine groups is 1. The van der Waals surface area contributed by atoms with Crippen molar-refractivity contribution < 1.29 is 14.3 Å². The van der Waals surface area contributed by atoms with Crippen molar-refractivity contribution in [2.45, 2.75) is 0 Å². The van der Waals surface area contributed by atoms with Crippen LogP contribution in [0.3, 0.4) is 0 Å². The number of hydrogen-bond acceptors (Lipinski definition) is 5. The van der Waals surface area contributed by atoms with Gasteiger partial charge in [0.15, 0.2) is 0 Å². The first-order valence-corrected chi connectivity index (χ1v) is 3.96. The highest BCUT2D eigenvalue weighted by Crippen LogP contribution is 2.21. The standard InChI is InChI=1S/C9H12N2O3.ClH/c1-13-6-3-4-8(11-10)7(5-6)9(12)14-2;/h3-5,11H,10H2,1-2H3;1H. The van der Waals surface area contributed by atoms with E-state index in [1.165, 1.54) is 14.2 Å². The van der Waals surface area contributed by atoms with Crippen LogP contribution in [0.1, 0.15) is 10.4 Å². The van der Waals surface area contributed by atoms with E-state index in [2.05, 4.69) is 10.2 Å². The van der Waals surface area contributed by atoms with Crippen molar-refractivity contribution in [3.63, 3.8) is 0 Å². The zero-order valence-electron chi connectivity index (χ0n) is 8.44. The van der Waals surface area contributed by atoms with E-state index in [9.17, 15) is 4.79 Å². The van der Waals surface area contributed by atoms with Crippen LogP contribution < -0.4 is 16.0 Å². The Hall–Kier alpha value is -1.46. The summed E-state index contributed by atoms with van der Waals surface area (Å²) in [5.74, 6) is 5.35. The largest absolute Gasteiger partial charge is 0.497 e. The molecular formula is C9H13ClN2O3. The Morgan fingerprint density at radius 3 is 2.53 bits per heavy atom. The summed E-state index contributed by atoms with van der Waals surface area (Å²) in [4.78, 5) is 11.3. The highest BCUT2D eigenvalue weighted by atomic mass is 35.5. The molecule has 15 heavy (non-hydrogen) atoms. The molecule has 0 aliphatic carbocycles. The minimum atomic E-state index is -0.461. The van der Waals surface area contributed by atoms with Crippen LogP contribution in [0, 0.1) is 0 Å². The monoisotopic (exact) mass is 232 g/mol. The number of nitrogens with one attached hydrogen (secondary N) is 1. The molecule has 0 radical (unpaired) electrons. The van der Waals surface area contributed by atoms with Crippen molar-refractivity contribution in [2.24, 2.45) is 5.84 Å². The lowest BCUT2D eigenvalue weighted by molar-refractivity contribution is 0.0601. The number of esters is 1. The molecule has 1 aromatic carbocycles. The normalized spacial score (nSPS) is 8.73. The zero-order chi connectivity index (χ0) is 10.6. The second-order valence-corrected chi connectivity index (χ2v) is 2.55. The van der Waals surface area contributed by atoms with Crippen molar-refractivity contribution >= 4 is 24.1 Å². The van der Waals surface area contributed by atoms with Crippen LogP contribution in [0.5, 0.6) is 5.75 Å². The maximum absolute atomic E-state index is 11.3. The van der Waals surface area contributed by atoms with Crippen molar-refractivity contribution in [1.29, 1.82) is 0 Å². The van der Waals surface area contributed by atoms with E-state index in [0.717, 1.165) is 0 Å². The van der Waals surface area contributed by atoms with Crippen molar-refractivity contribution in [2.75, 3.05) is 19.6 Å². The summed E-state index contributed by atoms with van der Waals surface area (Å²) >= 11 is 0. The molecule has 5 nitrogen and oxygen atoms in total. The van der Waals surface area contributed by atoms with Gasteiger partial charge in [-0.2, -0.15) is 0 Å². The molecule has 0 aromatic heterocycles. The van der Waals surface area contributed by atoms with Crippen molar-refractivity contribution in [3.8, 4) is 5.75 Å². The summed E-state index contributed by atoms with van der Waals surface area (Å²) in [6, 6.07) is 4.90. The predicted octanol–water partition coefficient (Wildman–Crippen LogP) is 1.19. The fourth-order valence-electron chi connectivity index (χ4n) is 1.06. The number of methoxy groups -OCH3 is 2. The van der Waals surface area contributed by atoms with Crippen LogP contribution in [0.4, 0.5) is 5.69 Å². The molecule has 0 aliphatic rings. The number of rotatable bonds is 3. The van der Waals surface area contributed by atoms with Gasteiger partial charge in [-0.05, 0) is 18.2 Å². The summed E-state index contributed by atoms with van der Waals surface area (Å²) < 4.78 is 9.56. The molecule has 6 heteroatoms. The van der Waals surface area contributed by atoms with E-state index in [0.29, 0.717) is 17.0 Å². The highest BCUT2D eigenvalue weighted by molar-refractivity contribution is 5.96. The van der Waals surface area contributed by atoms with Gasteiger partial charge in [-0.25, -0.2) is 4.79 Å². The number of halogens is 1. The van der Waals surface area contributed by atoms with Gasteiger partial charge in [0.1, 0.15) is 5.75 Å². The molecule has 84 valence electrons. The Bertz CT molecular complexity index is 344. The van der Waals surface area contributed by atoms with Crippen molar-refractivity contribution in [1.82, 2.24) is 0 Å². The van der Waals surface area contributed by atoms with Crippen LogP contribution in [-0.4, -0.2) is 20.2 Å². The molecule has 0 unspecified atom stereocenters. The Morgan fingerprint density at radius 2 is 2.07 bits per heavy atom. The number of benzene rings is 1. The molecule has 1 rings (SSSR count). The van der Waals surface area contributed by atoms with E-state index in [-0.39, 0.29) is 12.4 Å². The number of ether oxygens (including phenoxy) is 2. The summed E-state index contributed by atoms with van der Waals surface area (Å²) in [6.45, 7) is 0. The number of nitrogens with two attached hydrogens (primary N) is 1. The number of anilines is 1. The van der Waals surface area contributed by atoms with Crippen LogP contribution in [0.25, 0.3) is 0 Å².